The van der Waals surface area contributed by atoms with E-state index >= 15 is 0 Å². The number of primary amides is 1. The Morgan fingerprint density at radius 1 is 1.24 bits per heavy atom. The predicted molar refractivity (Wildman–Crippen MR) is 129 cm³/mol. The second-order valence-electron chi connectivity index (χ2n) is 8.28. The van der Waals surface area contributed by atoms with Gasteiger partial charge in [0.15, 0.2) is 11.6 Å². The van der Waals surface area contributed by atoms with E-state index in [0.29, 0.717) is 5.56 Å². The summed E-state index contributed by atoms with van der Waals surface area (Å²) in [5.41, 5.74) is 3.73. The van der Waals surface area contributed by atoms with Crippen molar-refractivity contribution in [3.05, 3.63) is 89.0 Å². The molecule has 194 valence electrons. The number of pyridine rings is 1. The average molecular weight is 550 g/mol. The van der Waals surface area contributed by atoms with Crippen LogP contribution in [0.2, 0.25) is 5.02 Å². The fourth-order valence-electron chi connectivity index (χ4n) is 3.95. The molecule has 1 aromatic heterocycles. The van der Waals surface area contributed by atoms with E-state index in [1.807, 2.05) is 0 Å². The van der Waals surface area contributed by atoms with Crippen LogP contribution >= 0.6 is 11.6 Å². The number of ether oxygens (including phenoxy) is 2. The highest BCUT2D eigenvalue weighted by atomic mass is 35.5. The Morgan fingerprint density at radius 3 is 2.57 bits per heavy atom. The Kier molecular flexibility index (Phi) is 7.46. The molecular weight excluding hydrogens is 529 g/mol. The van der Waals surface area contributed by atoms with Crippen molar-refractivity contribution in [2.45, 2.75) is 35.7 Å². The second-order valence-corrected chi connectivity index (χ2v) is 10.4. The van der Waals surface area contributed by atoms with Gasteiger partial charge < -0.3 is 20.3 Å². The molecule has 13 heteroatoms. The Bertz CT molecular complexity index is 1420. The van der Waals surface area contributed by atoms with E-state index in [1.54, 1.807) is 12.1 Å². The number of nitrogens with two attached hydrogens (primary N) is 1. The molecule has 4 rings (SSSR count). The number of nitrogens with one attached hydrogen (secondary N) is 1. The SMILES string of the molecule is NC(=O)C1OC(c2cccnc2)CC1(NS(=O)(=O)c1ccc(OCc2ccc(Cl)cc2F)cc1)C(=O)O. The van der Waals surface area contributed by atoms with Crippen LogP contribution in [0.4, 0.5) is 4.39 Å². The average Bonchev–Trinajstić information content (AvgIpc) is 3.25. The van der Waals surface area contributed by atoms with E-state index in [-0.39, 0.29) is 27.8 Å². The number of sulfonamides is 1. The number of aliphatic carboxylic acids is 1. The molecule has 37 heavy (non-hydrogen) atoms. The van der Waals surface area contributed by atoms with E-state index in [1.165, 1.54) is 48.8 Å². The summed E-state index contributed by atoms with van der Waals surface area (Å²) in [4.78, 5) is 28.1. The fourth-order valence-corrected chi connectivity index (χ4v) is 5.48. The summed E-state index contributed by atoms with van der Waals surface area (Å²) in [6.07, 6.45) is -0.231. The first-order chi connectivity index (χ1) is 17.5. The van der Waals surface area contributed by atoms with E-state index in [9.17, 15) is 27.5 Å². The summed E-state index contributed by atoms with van der Waals surface area (Å²) in [6, 6.07) is 12.3. The van der Waals surface area contributed by atoms with Crippen LogP contribution in [0, 0.1) is 5.82 Å². The number of nitrogens with zero attached hydrogens (tertiary/aromatic N) is 1. The number of carbonyl (C=O) groups excluding carboxylic acids is 1. The van der Waals surface area contributed by atoms with Crippen LogP contribution in [-0.4, -0.2) is 42.0 Å². The molecule has 3 unspecified atom stereocenters. The number of hydrogen-bond acceptors (Lipinski definition) is 7. The fraction of sp³-hybridized carbons (Fsp3) is 0.208. The molecule has 2 aromatic carbocycles. The van der Waals surface area contributed by atoms with Crippen molar-refractivity contribution in [1.29, 1.82) is 0 Å². The number of carbonyl (C=O) groups is 2. The van der Waals surface area contributed by atoms with E-state index < -0.39 is 51.9 Å². The number of hydrogen-bond donors (Lipinski definition) is 3. The zero-order chi connectivity index (χ0) is 26.8. The van der Waals surface area contributed by atoms with Gasteiger partial charge in [-0.3, -0.25) is 14.6 Å². The van der Waals surface area contributed by atoms with Crippen molar-refractivity contribution in [3.8, 4) is 5.75 Å². The number of carboxylic acid groups (broad SMARTS) is 1. The summed E-state index contributed by atoms with van der Waals surface area (Å²) in [7, 11) is -4.48. The third kappa shape index (κ3) is 5.57. The van der Waals surface area contributed by atoms with E-state index in [4.69, 9.17) is 26.8 Å². The maximum absolute atomic E-state index is 13.9. The first kappa shape index (κ1) is 26.5. The quantitative estimate of drug-likeness (QED) is 0.367. The molecule has 1 aliphatic rings. The first-order valence-corrected chi connectivity index (χ1v) is 12.7. The van der Waals surface area contributed by atoms with E-state index in [0.717, 1.165) is 6.07 Å². The van der Waals surface area contributed by atoms with Gasteiger partial charge in [-0.05, 0) is 48.0 Å². The molecular formula is C24H21ClFN3O7S. The van der Waals surface area contributed by atoms with Gasteiger partial charge >= 0.3 is 5.97 Å². The number of rotatable bonds is 9. The highest BCUT2D eigenvalue weighted by Crippen LogP contribution is 2.41. The van der Waals surface area contributed by atoms with Crippen LogP contribution in [0.15, 0.2) is 71.9 Å². The lowest BCUT2D eigenvalue weighted by Gasteiger charge is -2.28. The van der Waals surface area contributed by atoms with Crippen molar-refractivity contribution in [2.75, 3.05) is 0 Å². The number of aromatic nitrogens is 1. The maximum Gasteiger partial charge on any atom is 0.328 e. The largest absolute Gasteiger partial charge is 0.489 e. The van der Waals surface area contributed by atoms with Crippen LogP contribution in [0.3, 0.4) is 0 Å². The normalized spacial score (nSPS) is 21.5. The molecule has 3 aromatic rings. The highest BCUT2D eigenvalue weighted by molar-refractivity contribution is 7.89. The van der Waals surface area contributed by atoms with Gasteiger partial charge in [-0.1, -0.05) is 23.7 Å². The molecule has 0 saturated carbocycles. The van der Waals surface area contributed by atoms with Gasteiger partial charge in [-0.15, -0.1) is 0 Å². The third-order valence-electron chi connectivity index (χ3n) is 5.81. The Labute approximate surface area is 216 Å². The summed E-state index contributed by atoms with van der Waals surface area (Å²) >= 11 is 5.73. The molecule has 1 aliphatic heterocycles. The van der Waals surface area contributed by atoms with Gasteiger partial charge in [0.2, 0.25) is 15.9 Å². The van der Waals surface area contributed by atoms with Gasteiger partial charge in [-0.25, -0.2) is 12.8 Å². The van der Waals surface area contributed by atoms with Gasteiger partial charge in [-0.2, -0.15) is 4.72 Å². The monoisotopic (exact) mass is 549 g/mol. The number of amides is 1. The van der Waals surface area contributed by atoms with Crippen LogP contribution in [-0.2, 0) is 31.0 Å². The zero-order valence-electron chi connectivity index (χ0n) is 19.0. The number of benzene rings is 2. The van der Waals surface area contributed by atoms with Crippen molar-refractivity contribution in [3.63, 3.8) is 0 Å². The summed E-state index contributed by atoms with van der Waals surface area (Å²) < 4.78 is 53.5. The minimum atomic E-state index is -4.48. The lowest BCUT2D eigenvalue weighted by molar-refractivity contribution is -0.150. The molecule has 0 spiro atoms. The molecule has 1 saturated heterocycles. The van der Waals surface area contributed by atoms with Gasteiger partial charge in [0.05, 0.1) is 11.0 Å². The van der Waals surface area contributed by atoms with Crippen molar-refractivity contribution in [2.24, 2.45) is 5.73 Å². The van der Waals surface area contributed by atoms with Crippen LogP contribution in [0.25, 0.3) is 0 Å². The molecule has 2 heterocycles. The van der Waals surface area contributed by atoms with Crippen LogP contribution in [0.1, 0.15) is 23.7 Å². The molecule has 0 radical (unpaired) electrons. The Balaban J connectivity index is 1.55. The summed E-state index contributed by atoms with van der Waals surface area (Å²) in [5.74, 6) is -3.09. The van der Waals surface area contributed by atoms with Gasteiger partial charge in [0.1, 0.15) is 18.2 Å². The minimum Gasteiger partial charge on any atom is -0.489 e. The van der Waals surface area contributed by atoms with Crippen LogP contribution in [0.5, 0.6) is 5.75 Å². The standard InChI is InChI=1S/C24H21ClFN3O7S/c25-16-4-3-15(19(26)10-16)13-35-17-5-7-18(8-6-17)37(33,34)29-24(23(31)32)11-20(36-21(24)22(27)30)14-2-1-9-28-12-14/h1-10,12,20-21,29H,11,13H2,(H2,27,30)(H,31,32). The van der Waals surface area contributed by atoms with Crippen molar-refractivity contribution >= 4 is 33.5 Å². The topological polar surface area (TPSA) is 158 Å². The Morgan fingerprint density at radius 2 is 1.97 bits per heavy atom. The number of carboxylic acids is 1. The lowest BCUT2D eigenvalue weighted by Crippen LogP contribution is -2.62. The summed E-state index contributed by atoms with van der Waals surface area (Å²) in [5, 5.41) is 10.3. The molecule has 0 aliphatic carbocycles. The minimum absolute atomic E-state index is 0.136. The van der Waals surface area contributed by atoms with Crippen molar-refractivity contribution in [1.82, 2.24) is 9.71 Å². The number of halogens is 2. The second kappa shape index (κ2) is 10.4. The highest BCUT2D eigenvalue weighted by Gasteiger charge is 2.59. The van der Waals surface area contributed by atoms with E-state index in [2.05, 4.69) is 9.71 Å². The molecule has 1 amide bonds. The van der Waals surface area contributed by atoms with Gasteiger partial charge in [0, 0.05) is 29.4 Å². The lowest BCUT2D eigenvalue weighted by atomic mass is 9.89. The molecule has 4 N–H and O–H groups in total. The Hall–Kier alpha value is -3.58. The summed E-state index contributed by atoms with van der Waals surface area (Å²) in [6.45, 7) is -0.136. The van der Waals surface area contributed by atoms with Gasteiger partial charge in [0.25, 0.3) is 0 Å². The molecule has 10 nitrogen and oxygen atoms in total. The molecule has 0 bridgehead atoms. The zero-order valence-corrected chi connectivity index (χ0v) is 20.6. The molecule has 1 fully saturated rings. The maximum atomic E-state index is 13.9. The van der Waals surface area contributed by atoms with Crippen LogP contribution < -0.4 is 15.2 Å². The smallest absolute Gasteiger partial charge is 0.328 e. The third-order valence-corrected chi connectivity index (χ3v) is 7.57. The first-order valence-electron chi connectivity index (χ1n) is 10.8. The van der Waals surface area contributed by atoms with Crippen molar-refractivity contribution < 1.29 is 37.0 Å². The molecule has 3 atom stereocenters. The predicted octanol–water partition coefficient (Wildman–Crippen LogP) is 2.57.